The van der Waals surface area contributed by atoms with Crippen LogP contribution in [0.5, 0.6) is 11.8 Å². The SMILES string of the molecule is O=CCCC(C=O)n1c(O)ccc1O. The van der Waals surface area contributed by atoms with Crippen molar-refractivity contribution in [2.75, 3.05) is 0 Å². The van der Waals surface area contributed by atoms with Crippen molar-refractivity contribution in [3.05, 3.63) is 12.1 Å². The Balaban J connectivity index is 2.87. The first-order valence-electron chi connectivity index (χ1n) is 4.18. The second-order valence-electron chi connectivity index (χ2n) is 2.87. The van der Waals surface area contributed by atoms with Crippen LogP contribution in [0.4, 0.5) is 0 Å². The average Bonchev–Trinajstić information content (AvgIpc) is 2.50. The fraction of sp³-hybridized carbons (Fsp3) is 0.333. The van der Waals surface area contributed by atoms with Gasteiger partial charge in [0.05, 0.1) is 6.04 Å². The number of hydrogen-bond acceptors (Lipinski definition) is 4. The number of nitrogens with zero attached hydrogens (tertiary/aromatic N) is 1. The van der Waals surface area contributed by atoms with Crippen molar-refractivity contribution in [1.82, 2.24) is 4.57 Å². The number of aromatic hydroxyl groups is 2. The maximum absolute atomic E-state index is 10.7. The van der Waals surface area contributed by atoms with Gasteiger partial charge < -0.3 is 19.8 Å². The highest BCUT2D eigenvalue weighted by atomic mass is 16.3. The van der Waals surface area contributed by atoms with Gasteiger partial charge in [-0.15, -0.1) is 0 Å². The predicted molar refractivity (Wildman–Crippen MR) is 48.2 cm³/mol. The Morgan fingerprint density at radius 2 is 1.86 bits per heavy atom. The molecule has 0 fully saturated rings. The molecule has 76 valence electrons. The van der Waals surface area contributed by atoms with Gasteiger partial charge in [0, 0.05) is 18.6 Å². The summed E-state index contributed by atoms with van der Waals surface area (Å²) < 4.78 is 1.08. The molecular weight excluding hydrogens is 186 g/mol. The standard InChI is InChI=1S/C9H11NO4/c11-5-1-2-7(6-12)10-8(13)3-4-9(10)14/h3-7,13-14H,1-2H2. The Morgan fingerprint density at radius 1 is 1.29 bits per heavy atom. The average molecular weight is 197 g/mol. The van der Waals surface area contributed by atoms with Crippen LogP contribution in [0.25, 0.3) is 0 Å². The van der Waals surface area contributed by atoms with E-state index in [-0.39, 0.29) is 24.6 Å². The fourth-order valence-corrected chi connectivity index (χ4v) is 1.26. The summed E-state index contributed by atoms with van der Waals surface area (Å²) in [5.74, 6) is -0.379. The van der Waals surface area contributed by atoms with Gasteiger partial charge in [-0.3, -0.25) is 4.57 Å². The van der Waals surface area contributed by atoms with E-state index in [9.17, 15) is 19.8 Å². The van der Waals surface area contributed by atoms with Crippen molar-refractivity contribution >= 4 is 12.6 Å². The maximum atomic E-state index is 10.7. The number of aldehydes is 2. The monoisotopic (exact) mass is 197 g/mol. The highest BCUT2D eigenvalue weighted by molar-refractivity contribution is 5.59. The summed E-state index contributed by atoms with van der Waals surface area (Å²) in [6, 6.07) is 1.87. The summed E-state index contributed by atoms with van der Waals surface area (Å²) in [6.45, 7) is 0. The summed E-state index contributed by atoms with van der Waals surface area (Å²) in [7, 11) is 0. The second-order valence-corrected chi connectivity index (χ2v) is 2.87. The molecule has 1 rings (SSSR count). The Kier molecular flexibility index (Phi) is 3.28. The van der Waals surface area contributed by atoms with E-state index in [0.29, 0.717) is 12.6 Å². The predicted octanol–water partition coefficient (Wildman–Crippen LogP) is 0.618. The van der Waals surface area contributed by atoms with Gasteiger partial charge in [0.15, 0.2) is 11.8 Å². The number of carbonyl (C=O) groups is 2. The summed E-state index contributed by atoms with van der Waals surface area (Å²) in [6.07, 6.45) is 1.75. The minimum atomic E-state index is -0.699. The third kappa shape index (κ3) is 1.93. The molecule has 2 N–H and O–H groups in total. The van der Waals surface area contributed by atoms with Crippen molar-refractivity contribution < 1.29 is 19.8 Å². The van der Waals surface area contributed by atoms with Gasteiger partial charge in [-0.25, -0.2) is 0 Å². The first-order chi connectivity index (χ1) is 6.70. The van der Waals surface area contributed by atoms with Gasteiger partial charge in [-0.05, 0) is 6.42 Å². The van der Waals surface area contributed by atoms with Crippen molar-refractivity contribution in [3.63, 3.8) is 0 Å². The third-order valence-corrected chi connectivity index (χ3v) is 1.94. The molecule has 1 aromatic heterocycles. The van der Waals surface area contributed by atoms with E-state index in [1.807, 2.05) is 0 Å². The molecule has 0 aliphatic carbocycles. The molecule has 0 saturated carbocycles. The summed E-state index contributed by atoms with van der Waals surface area (Å²) in [5.41, 5.74) is 0. The summed E-state index contributed by atoms with van der Waals surface area (Å²) in [5, 5.41) is 18.6. The summed E-state index contributed by atoms with van der Waals surface area (Å²) in [4.78, 5) is 20.8. The largest absolute Gasteiger partial charge is 0.494 e. The molecule has 0 saturated heterocycles. The molecule has 0 aromatic carbocycles. The minimum Gasteiger partial charge on any atom is -0.494 e. The zero-order chi connectivity index (χ0) is 10.6. The van der Waals surface area contributed by atoms with Crippen LogP contribution in [0.15, 0.2) is 12.1 Å². The second kappa shape index (κ2) is 4.45. The number of rotatable bonds is 5. The molecule has 14 heavy (non-hydrogen) atoms. The topological polar surface area (TPSA) is 79.5 Å². The lowest BCUT2D eigenvalue weighted by atomic mass is 10.2. The Bertz CT molecular complexity index is 312. The molecule has 5 nitrogen and oxygen atoms in total. The van der Waals surface area contributed by atoms with Crippen LogP contribution in [0, 0.1) is 0 Å². The third-order valence-electron chi connectivity index (χ3n) is 1.94. The van der Waals surface area contributed by atoms with Crippen LogP contribution >= 0.6 is 0 Å². The minimum absolute atomic E-state index is 0.189. The highest BCUT2D eigenvalue weighted by Gasteiger charge is 2.16. The molecule has 1 atom stereocenters. The molecule has 1 aromatic rings. The lowest BCUT2D eigenvalue weighted by molar-refractivity contribution is -0.111. The smallest absolute Gasteiger partial charge is 0.194 e. The first-order valence-corrected chi connectivity index (χ1v) is 4.18. The zero-order valence-electron chi connectivity index (χ0n) is 7.46. The van der Waals surface area contributed by atoms with Gasteiger partial charge in [0.1, 0.15) is 12.6 Å². The van der Waals surface area contributed by atoms with E-state index in [1.165, 1.54) is 12.1 Å². The van der Waals surface area contributed by atoms with Crippen LogP contribution in [0.1, 0.15) is 18.9 Å². The Labute approximate surface area is 80.6 Å². The zero-order valence-corrected chi connectivity index (χ0v) is 7.46. The van der Waals surface area contributed by atoms with Crippen LogP contribution in [0.2, 0.25) is 0 Å². The molecule has 1 heterocycles. The van der Waals surface area contributed by atoms with Gasteiger partial charge >= 0.3 is 0 Å². The van der Waals surface area contributed by atoms with Crippen LogP contribution < -0.4 is 0 Å². The first kappa shape index (κ1) is 10.3. The van der Waals surface area contributed by atoms with Gasteiger partial charge in [0.2, 0.25) is 0 Å². The van der Waals surface area contributed by atoms with Gasteiger partial charge in [-0.1, -0.05) is 0 Å². The van der Waals surface area contributed by atoms with E-state index in [0.717, 1.165) is 4.57 Å². The quantitative estimate of drug-likeness (QED) is 0.678. The van der Waals surface area contributed by atoms with Crippen LogP contribution in [-0.4, -0.2) is 27.4 Å². The molecule has 0 bridgehead atoms. The van der Waals surface area contributed by atoms with Crippen LogP contribution in [-0.2, 0) is 9.59 Å². The number of aromatic nitrogens is 1. The molecule has 0 spiro atoms. The van der Waals surface area contributed by atoms with E-state index in [1.54, 1.807) is 0 Å². The van der Waals surface area contributed by atoms with Gasteiger partial charge in [0.25, 0.3) is 0 Å². The Morgan fingerprint density at radius 3 is 2.29 bits per heavy atom. The normalized spacial score (nSPS) is 12.3. The lowest BCUT2D eigenvalue weighted by Gasteiger charge is -2.12. The maximum Gasteiger partial charge on any atom is 0.194 e. The van der Waals surface area contributed by atoms with Gasteiger partial charge in [-0.2, -0.15) is 0 Å². The summed E-state index contributed by atoms with van der Waals surface area (Å²) >= 11 is 0. The lowest BCUT2D eigenvalue weighted by Crippen LogP contribution is -2.09. The van der Waals surface area contributed by atoms with Crippen molar-refractivity contribution in [1.29, 1.82) is 0 Å². The fourth-order valence-electron chi connectivity index (χ4n) is 1.26. The molecule has 0 aliphatic heterocycles. The molecule has 1 unspecified atom stereocenters. The van der Waals surface area contributed by atoms with Crippen molar-refractivity contribution in [2.45, 2.75) is 18.9 Å². The van der Waals surface area contributed by atoms with Crippen LogP contribution in [0.3, 0.4) is 0 Å². The van der Waals surface area contributed by atoms with E-state index in [2.05, 4.69) is 0 Å². The molecule has 5 heteroatoms. The Hall–Kier alpha value is -1.78. The number of hydrogen-bond donors (Lipinski definition) is 2. The van der Waals surface area contributed by atoms with E-state index < -0.39 is 6.04 Å². The molecule has 0 aliphatic rings. The van der Waals surface area contributed by atoms with E-state index in [4.69, 9.17) is 0 Å². The van der Waals surface area contributed by atoms with E-state index >= 15 is 0 Å². The molecule has 0 radical (unpaired) electrons. The number of carbonyl (C=O) groups excluding carboxylic acids is 2. The highest BCUT2D eigenvalue weighted by Crippen LogP contribution is 2.27. The molecule has 0 amide bonds. The van der Waals surface area contributed by atoms with Crippen molar-refractivity contribution in [3.8, 4) is 11.8 Å². The molecular formula is C9H11NO4. The van der Waals surface area contributed by atoms with Crippen molar-refractivity contribution in [2.24, 2.45) is 0 Å².